The van der Waals surface area contributed by atoms with Gasteiger partial charge in [0, 0.05) is 25.5 Å². The fourth-order valence-corrected chi connectivity index (χ4v) is 1.60. The number of anilines is 1. The first-order chi connectivity index (χ1) is 7.16. The van der Waals surface area contributed by atoms with Crippen LogP contribution in [-0.4, -0.2) is 24.4 Å². The highest BCUT2D eigenvalue weighted by Crippen LogP contribution is 2.30. The molecule has 0 amide bonds. The average molecular weight is 204 g/mol. The van der Waals surface area contributed by atoms with Crippen LogP contribution in [0.25, 0.3) is 0 Å². The van der Waals surface area contributed by atoms with E-state index in [1.54, 1.807) is 6.20 Å². The summed E-state index contributed by atoms with van der Waals surface area (Å²) >= 11 is 0. The van der Waals surface area contributed by atoms with Gasteiger partial charge in [-0.05, 0) is 30.9 Å². The van der Waals surface area contributed by atoms with Crippen molar-refractivity contribution in [2.75, 3.05) is 18.5 Å². The van der Waals surface area contributed by atoms with Crippen molar-refractivity contribution >= 4 is 11.5 Å². The Bertz CT molecular complexity index is 371. The number of hydrogen-bond acceptors (Lipinski definition) is 3. The minimum absolute atomic E-state index is 0.0247. The highest BCUT2D eigenvalue weighted by Gasteiger charge is 2.23. The summed E-state index contributed by atoms with van der Waals surface area (Å²) in [6.45, 7) is 1.08. The fourth-order valence-electron chi connectivity index (χ4n) is 1.60. The van der Waals surface area contributed by atoms with Crippen LogP contribution in [0.5, 0.6) is 0 Å². The van der Waals surface area contributed by atoms with Crippen LogP contribution >= 0.6 is 0 Å². The van der Waals surface area contributed by atoms with Gasteiger partial charge in [0.15, 0.2) is 0 Å². The quantitative estimate of drug-likeness (QED) is 0.572. The van der Waals surface area contributed by atoms with E-state index in [1.807, 2.05) is 12.1 Å². The molecule has 80 valence electrons. The first-order valence-corrected chi connectivity index (χ1v) is 5.18. The molecule has 1 saturated carbocycles. The fraction of sp³-hybridized carbons (Fsp3) is 0.455. The molecular formula is C11H16N4. The zero-order chi connectivity index (χ0) is 10.8. The van der Waals surface area contributed by atoms with E-state index in [9.17, 15) is 0 Å². The largest absolute Gasteiger partial charge is 0.382 e. The Hall–Kier alpha value is -1.58. The molecule has 1 aromatic rings. The number of aromatic nitrogens is 1. The molecule has 15 heavy (non-hydrogen) atoms. The molecule has 0 aromatic carbocycles. The first-order valence-electron chi connectivity index (χ1n) is 5.18. The molecule has 0 saturated heterocycles. The van der Waals surface area contributed by atoms with E-state index >= 15 is 0 Å². The molecule has 0 spiro atoms. The predicted molar refractivity (Wildman–Crippen MR) is 61.2 cm³/mol. The Labute approximate surface area is 89.6 Å². The average Bonchev–Trinajstić information content (AvgIpc) is 3.02. The van der Waals surface area contributed by atoms with Crippen molar-refractivity contribution in [3.8, 4) is 0 Å². The molecule has 0 aliphatic heterocycles. The molecule has 1 aliphatic carbocycles. The number of nitrogen functional groups attached to an aromatic ring is 1. The number of nitrogens with zero attached hydrogens (tertiary/aromatic N) is 2. The molecule has 3 N–H and O–H groups in total. The van der Waals surface area contributed by atoms with Crippen molar-refractivity contribution in [3.05, 3.63) is 24.0 Å². The molecule has 4 nitrogen and oxygen atoms in total. The van der Waals surface area contributed by atoms with Gasteiger partial charge in [-0.15, -0.1) is 0 Å². The van der Waals surface area contributed by atoms with Gasteiger partial charge < -0.3 is 10.6 Å². The number of nitrogens with two attached hydrogens (primary N) is 1. The summed E-state index contributed by atoms with van der Waals surface area (Å²) in [5.41, 5.74) is 7.03. The van der Waals surface area contributed by atoms with E-state index < -0.39 is 0 Å². The van der Waals surface area contributed by atoms with Gasteiger partial charge in [0.25, 0.3) is 0 Å². The van der Waals surface area contributed by atoms with E-state index in [0.29, 0.717) is 5.69 Å². The Balaban J connectivity index is 2.11. The minimum Gasteiger partial charge on any atom is -0.382 e. The molecule has 1 aromatic heterocycles. The standard InChI is InChI=1S/C11H16N4/c1-15(7-8-2-3-8)9-4-5-14-10(6-9)11(12)13/h4-6,8H,2-3,7H2,1H3,(H3,12,13). The number of nitrogens with one attached hydrogen (secondary N) is 1. The molecule has 0 unspecified atom stereocenters. The topological polar surface area (TPSA) is 66.0 Å². The summed E-state index contributed by atoms with van der Waals surface area (Å²) < 4.78 is 0. The minimum atomic E-state index is 0.0247. The molecule has 0 radical (unpaired) electrons. The predicted octanol–water partition coefficient (Wildman–Crippen LogP) is 1.21. The molecule has 4 heteroatoms. The lowest BCUT2D eigenvalue weighted by Crippen LogP contribution is -2.21. The summed E-state index contributed by atoms with van der Waals surface area (Å²) in [7, 11) is 2.07. The zero-order valence-electron chi connectivity index (χ0n) is 8.90. The Morgan fingerprint density at radius 3 is 3.00 bits per heavy atom. The maximum absolute atomic E-state index is 7.32. The highest BCUT2D eigenvalue weighted by molar-refractivity contribution is 5.93. The van der Waals surface area contributed by atoms with Crippen molar-refractivity contribution < 1.29 is 0 Å². The highest BCUT2D eigenvalue weighted by atomic mass is 15.1. The summed E-state index contributed by atoms with van der Waals surface area (Å²) in [6.07, 6.45) is 4.39. The maximum Gasteiger partial charge on any atom is 0.141 e. The number of rotatable bonds is 4. The number of amidine groups is 1. The monoisotopic (exact) mass is 204 g/mol. The first kappa shape index (κ1) is 9.96. The van der Waals surface area contributed by atoms with Gasteiger partial charge in [0.05, 0.1) is 0 Å². The second-order valence-electron chi connectivity index (χ2n) is 4.14. The van der Waals surface area contributed by atoms with Crippen LogP contribution in [0.4, 0.5) is 5.69 Å². The van der Waals surface area contributed by atoms with Crippen molar-refractivity contribution in [3.63, 3.8) is 0 Å². The van der Waals surface area contributed by atoms with E-state index in [4.69, 9.17) is 11.1 Å². The van der Waals surface area contributed by atoms with Gasteiger partial charge in [0.1, 0.15) is 11.5 Å². The van der Waals surface area contributed by atoms with Gasteiger partial charge in [-0.1, -0.05) is 0 Å². The van der Waals surface area contributed by atoms with E-state index in [2.05, 4.69) is 16.9 Å². The van der Waals surface area contributed by atoms with Gasteiger partial charge in [-0.25, -0.2) is 0 Å². The van der Waals surface area contributed by atoms with E-state index in [-0.39, 0.29) is 5.84 Å². The molecule has 0 bridgehead atoms. The summed E-state index contributed by atoms with van der Waals surface area (Å²) in [5, 5.41) is 7.32. The Morgan fingerprint density at radius 2 is 2.40 bits per heavy atom. The number of hydrogen-bond donors (Lipinski definition) is 2. The smallest absolute Gasteiger partial charge is 0.141 e. The lowest BCUT2D eigenvalue weighted by atomic mass is 10.2. The Kier molecular flexibility index (Phi) is 2.58. The van der Waals surface area contributed by atoms with Crippen LogP contribution in [-0.2, 0) is 0 Å². The van der Waals surface area contributed by atoms with Crippen molar-refractivity contribution in [2.24, 2.45) is 11.7 Å². The SMILES string of the molecule is CN(CC1CC1)c1ccnc(C(=N)N)c1. The summed E-state index contributed by atoms with van der Waals surface area (Å²) in [5.74, 6) is 0.876. The summed E-state index contributed by atoms with van der Waals surface area (Å²) in [4.78, 5) is 6.24. The van der Waals surface area contributed by atoms with Crippen molar-refractivity contribution in [2.45, 2.75) is 12.8 Å². The van der Waals surface area contributed by atoms with Crippen LogP contribution in [0.2, 0.25) is 0 Å². The van der Waals surface area contributed by atoms with E-state index in [0.717, 1.165) is 18.2 Å². The lowest BCUT2D eigenvalue weighted by Gasteiger charge is -2.19. The lowest BCUT2D eigenvalue weighted by molar-refractivity contribution is 0.786. The van der Waals surface area contributed by atoms with E-state index in [1.165, 1.54) is 12.8 Å². The maximum atomic E-state index is 7.32. The molecule has 0 atom stereocenters. The second kappa shape index (κ2) is 3.88. The molecule has 1 heterocycles. The third-order valence-corrected chi connectivity index (χ3v) is 2.69. The van der Waals surface area contributed by atoms with Crippen LogP contribution in [0, 0.1) is 11.3 Å². The number of pyridine rings is 1. The van der Waals surface area contributed by atoms with Crippen LogP contribution in [0.3, 0.4) is 0 Å². The van der Waals surface area contributed by atoms with Crippen LogP contribution in [0.15, 0.2) is 18.3 Å². The molecule has 2 rings (SSSR count). The van der Waals surface area contributed by atoms with Crippen molar-refractivity contribution in [1.82, 2.24) is 4.98 Å². The third-order valence-electron chi connectivity index (χ3n) is 2.69. The zero-order valence-corrected chi connectivity index (χ0v) is 8.90. The van der Waals surface area contributed by atoms with Gasteiger partial charge in [-0.2, -0.15) is 0 Å². The van der Waals surface area contributed by atoms with Crippen LogP contribution in [0.1, 0.15) is 18.5 Å². The second-order valence-corrected chi connectivity index (χ2v) is 4.14. The molecule has 1 fully saturated rings. The third kappa shape index (κ3) is 2.46. The molecule has 1 aliphatic rings. The normalized spacial score (nSPS) is 15.0. The molecular weight excluding hydrogens is 188 g/mol. The Morgan fingerprint density at radius 1 is 1.67 bits per heavy atom. The van der Waals surface area contributed by atoms with Gasteiger partial charge in [-0.3, -0.25) is 10.4 Å². The van der Waals surface area contributed by atoms with Crippen LogP contribution < -0.4 is 10.6 Å². The van der Waals surface area contributed by atoms with Gasteiger partial charge >= 0.3 is 0 Å². The van der Waals surface area contributed by atoms with Crippen molar-refractivity contribution in [1.29, 1.82) is 5.41 Å². The van der Waals surface area contributed by atoms with Gasteiger partial charge in [0.2, 0.25) is 0 Å². The summed E-state index contributed by atoms with van der Waals surface area (Å²) in [6, 6.07) is 3.82.